The number of hydrazine groups is 1. The lowest BCUT2D eigenvalue weighted by atomic mass is 10.1. The van der Waals surface area contributed by atoms with Crippen LogP contribution >= 0.6 is 0 Å². The van der Waals surface area contributed by atoms with Crippen LogP contribution in [-0.2, 0) is 9.47 Å². The van der Waals surface area contributed by atoms with E-state index in [1.807, 2.05) is 13.8 Å². The monoisotopic (exact) mass is 398 g/mol. The summed E-state index contributed by atoms with van der Waals surface area (Å²) in [6.07, 6.45) is 0. The van der Waals surface area contributed by atoms with E-state index in [-0.39, 0.29) is 17.0 Å². The molecule has 0 aliphatic rings. The van der Waals surface area contributed by atoms with Gasteiger partial charge in [-0.2, -0.15) is 0 Å². The van der Waals surface area contributed by atoms with Crippen LogP contribution in [0, 0.1) is 5.92 Å². The summed E-state index contributed by atoms with van der Waals surface area (Å²) in [5, 5.41) is 0. The molecule has 8 heteroatoms. The Hall–Kier alpha value is -3.68. The molecule has 0 radical (unpaired) electrons. The van der Waals surface area contributed by atoms with Gasteiger partial charge in [0, 0.05) is 11.1 Å². The van der Waals surface area contributed by atoms with Crippen molar-refractivity contribution in [2.75, 3.05) is 13.7 Å². The number of nitrogens with one attached hydrogen (secondary N) is 2. The lowest BCUT2D eigenvalue weighted by Gasteiger charge is -2.09. The second-order valence-corrected chi connectivity index (χ2v) is 6.55. The number of hydrogen-bond donors (Lipinski definition) is 2. The summed E-state index contributed by atoms with van der Waals surface area (Å²) in [7, 11) is 1.26. The molecular weight excluding hydrogens is 376 g/mol. The predicted molar refractivity (Wildman–Crippen MR) is 104 cm³/mol. The van der Waals surface area contributed by atoms with Crippen molar-refractivity contribution < 1.29 is 28.7 Å². The van der Waals surface area contributed by atoms with Crippen LogP contribution in [0.5, 0.6) is 0 Å². The largest absolute Gasteiger partial charge is 0.465 e. The number of methoxy groups -OCH3 is 1. The van der Waals surface area contributed by atoms with Crippen LogP contribution in [0.2, 0.25) is 0 Å². The van der Waals surface area contributed by atoms with Gasteiger partial charge in [0.1, 0.15) is 0 Å². The summed E-state index contributed by atoms with van der Waals surface area (Å²) in [6, 6.07) is 11.6. The Morgan fingerprint density at radius 3 is 1.48 bits per heavy atom. The van der Waals surface area contributed by atoms with Gasteiger partial charge in [0.25, 0.3) is 11.8 Å². The standard InChI is InChI=1S/C21H22N2O6/c1-13(2)12-29-21(27)17-10-6-15(7-11-17)19(25)23-22-18(24)14-4-8-16(9-5-14)20(26)28-3/h4-11,13H,12H2,1-3H3,(H,22,24)(H,23,25). The first-order valence-electron chi connectivity index (χ1n) is 8.88. The van der Waals surface area contributed by atoms with Crippen LogP contribution in [0.1, 0.15) is 55.3 Å². The van der Waals surface area contributed by atoms with Gasteiger partial charge in [-0.3, -0.25) is 20.4 Å². The second-order valence-electron chi connectivity index (χ2n) is 6.55. The van der Waals surface area contributed by atoms with E-state index in [4.69, 9.17) is 4.74 Å². The molecule has 2 amide bonds. The molecule has 152 valence electrons. The average molecular weight is 398 g/mol. The number of ether oxygens (including phenoxy) is 2. The SMILES string of the molecule is COC(=O)c1ccc(C(=O)NNC(=O)c2ccc(C(=O)OCC(C)C)cc2)cc1. The van der Waals surface area contributed by atoms with Crippen molar-refractivity contribution in [2.45, 2.75) is 13.8 Å². The van der Waals surface area contributed by atoms with E-state index in [9.17, 15) is 19.2 Å². The maximum absolute atomic E-state index is 12.2. The predicted octanol–water partition coefficient (Wildman–Crippen LogP) is 2.36. The maximum atomic E-state index is 12.2. The number of esters is 2. The molecule has 0 saturated carbocycles. The van der Waals surface area contributed by atoms with Crippen molar-refractivity contribution in [3.63, 3.8) is 0 Å². The maximum Gasteiger partial charge on any atom is 0.338 e. The summed E-state index contributed by atoms with van der Waals surface area (Å²) in [5.74, 6) is -1.85. The normalized spacial score (nSPS) is 10.2. The van der Waals surface area contributed by atoms with Crippen LogP contribution in [0.25, 0.3) is 0 Å². The molecule has 0 aromatic heterocycles. The van der Waals surface area contributed by atoms with E-state index in [1.54, 1.807) is 0 Å². The Balaban J connectivity index is 1.90. The van der Waals surface area contributed by atoms with Crippen molar-refractivity contribution in [1.29, 1.82) is 0 Å². The highest BCUT2D eigenvalue weighted by Gasteiger charge is 2.13. The molecule has 0 unspecified atom stereocenters. The van der Waals surface area contributed by atoms with Gasteiger partial charge < -0.3 is 9.47 Å². The number of carbonyl (C=O) groups excluding carboxylic acids is 4. The molecular formula is C21H22N2O6. The molecule has 0 bridgehead atoms. The zero-order valence-electron chi connectivity index (χ0n) is 16.4. The number of rotatable bonds is 6. The fraction of sp³-hybridized carbons (Fsp3) is 0.238. The van der Waals surface area contributed by atoms with Crippen molar-refractivity contribution in [3.8, 4) is 0 Å². The average Bonchev–Trinajstić information content (AvgIpc) is 2.75. The molecule has 8 nitrogen and oxygen atoms in total. The van der Waals surface area contributed by atoms with Gasteiger partial charge in [0.2, 0.25) is 0 Å². The molecule has 0 heterocycles. The van der Waals surface area contributed by atoms with E-state index in [0.717, 1.165) is 0 Å². The smallest absolute Gasteiger partial charge is 0.338 e. The molecule has 2 aromatic carbocycles. The molecule has 0 spiro atoms. The zero-order valence-corrected chi connectivity index (χ0v) is 16.4. The van der Waals surface area contributed by atoms with E-state index in [1.165, 1.54) is 55.6 Å². The quantitative estimate of drug-likeness (QED) is 0.571. The zero-order chi connectivity index (χ0) is 21.4. The van der Waals surface area contributed by atoms with Crippen LogP contribution < -0.4 is 10.9 Å². The second kappa shape index (κ2) is 10.0. The number of amides is 2. The van der Waals surface area contributed by atoms with Crippen molar-refractivity contribution in [2.24, 2.45) is 5.92 Å². The molecule has 0 aliphatic carbocycles. The Morgan fingerprint density at radius 1 is 0.724 bits per heavy atom. The van der Waals surface area contributed by atoms with E-state index < -0.39 is 23.8 Å². The third-order valence-corrected chi connectivity index (χ3v) is 3.79. The Labute approximate surface area is 168 Å². The minimum Gasteiger partial charge on any atom is -0.465 e. The Morgan fingerprint density at radius 2 is 1.10 bits per heavy atom. The van der Waals surface area contributed by atoms with Crippen molar-refractivity contribution in [3.05, 3.63) is 70.8 Å². The van der Waals surface area contributed by atoms with E-state index >= 15 is 0 Å². The molecule has 29 heavy (non-hydrogen) atoms. The van der Waals surface area contributed by atoms with E-state index in [2.05, 4.69) is 15.6 Å². The first-order chi connectivity index (χ1) is 13.8. The lowest BCUT2D eigenvalue weighted by molar-refractivity contribution is 0.0458. The van der Waals surface area contributed by atoms with Gasteiger partial charge in [-0.1, -0.05) is 13.8 Å². The summed E-state index contributed by atoms with van der Waals surface area (Å²) in [5.41, 5.74) is 5.72. The van der Waals surface area contributed by atoms with Crippen molar-refractivity contribution >= 4 is 23.8 Å². The minimum absolute atomic E-state index is 0.226. The van der Waals surface area contributed by atoms with Gasteiger partial charge >= 0.3 is 11.9 Å². The van der Waals surface area contributed by atoms with Gasteiger partial charge in [0.05, 0.1) is 24.8 Å². The summed E-state index contributed by atoms with van der Waals surface area (Å²) in [4.78, 5) is 47.5. The highest BCUT2D eigenvalue weighted by Crippen LogP contribution is 2.08. The van der Waals surface area contributed by atoms with Crippen LogP contribution in [0.4, 0.5) is 0 Å². The summed E-state index contributed by atoms with van der Waals surface area (Å²) < 4.78 is 9.71. The molecule has 0 aliphatic heterocycles. The third-order valence-electron chi connectivity index (χ3n) is 3.79. The van der Waals surface area contributed by atoms with Crippen molar-refractivity contribution in [1.82, 2.24) is 10.9 Å². The number of carbonyl (C=O) groups is 4. The minimum atomic E-state index is -0.552. The van der Waals surface area contributed by atoms with Crippen LogP contribution in [-0.4, -0.2) is 37.5 Å². The van der Waals surface area contributed by atoms with Gasteiger partial charge in [-0.05, 0) is 54.4 Å². The fourth-order valence-electron chi connectivity index (χ4n) is 2.22. The molecule has 0 atom stereocenters. The number of hydrogen-bond acceptors (Lipinski definition) is 6. The fourth-order valence-corrected chi connectivity index (χ4v) is 2.22. The Kier molecular flexibility index (Phi) is 7.47. The Bertz CT molecular complexity index is 888. The highest BCUT2D eigenvalue weighted by atomic mass is 16.5. The molecule has 0 saturated heterocycles. The number of benzene rings is 2. The highest BCUT2D eigenvalue weighted by molar-refractivity contribution is 6.00. The topological polar surface area (TPSA) is 111 Å². The molecule has 2 N–H and O–H groups in total. The first-order valence-corrected chi connectivity index (χ1v) is 8.88. The van der Waals surface area contributed by atoms with Crippen LogP contribution in [0.3, 0.4) is 0 Å². The first kappa shape index (κ1) is 21.6. The molecule has 2 aromatic rings. The molecule has 0 fully saturated rings. The van der Waals surface area contributed by atoms with E-state index in [0.29, 0.717) is 17.7 Å². The third kappa shape index (κ3) is 6.17. The van der Waals surface area contributed by atoms with Gasteiger partial charge in [0.15, 0.2) is 0 Å². The molecule has 2 rings (SSSR count). The van der Waals surface area contributed by atoms with Gasteiger partial charge in [-0.15, -0.1) is 0 Å². The lowest BCUT2D eigenvalue weighted by Crippen LogP contribution is -2.41. The van der Waals surface area contributed by atoms with Crippen LogP contribution in [0.15, 0.2) is 48.5 Å². The summed E-state index contributed by atoms with van der Waals surface area (Å²) in [6.45, 7) is 4.18. The summed E-state index contributed by atoms with van der Waals surface area (Å²) >= 11 is 0. The van der Waals surface area contributed by atoms with Gasteiger partial charge in [-0.25, -0.2) is 9.59 Å².